The summed E-state index contributed by atoms with van der Waals surface area (Å²) in [6.07, 6.45) is 3.36. The molecule has 0 aromatic heterocycles. The van der Waals surface area contributed by atoms with E-state index in [1.807, 2.05) is 30.3 Å². The first-order valence-corrected chi connectivity index (χ1v) is 9.65. The summed E-state index contributed by atoms with van der Waals surface area (Å²) in [7, 11) is 0. The molecule has 0 unspecified atom stereocenters. The van der Waals surface area contributed by atoms with Crippen LogP contribution < -0.4 is 10.6 Å². The molecule has 2 N–H and O–H groups in total. The third-order valence-corrected chi connectivity index (χ3v) is 5.74. The van der Waals surface area contributed by atoms with Gasteiger partial charge < -0.3 is 10.6 Å². The molecule has 1 radical (unpaired) electrons. The third-order valence-electron chi connectivity index (χ3n) is 5.44. The minimum atomic E-state index is 0.618. The van der Waals surface area contributed by atoms with Crippen LogP contribution in [0.3, 0.4) is 0 Å². The molecule has 0 atom stereocenters. The molecule has 3 nitrogen and oxygen atoms in total. The lowest BCUT2D eigenvalue weighted by Crippen LogP contribution is -2.34. The highest BCUT2D eigenvalue weighted by Gasteiger charge is 2.21. The molecule has 0 amide bonds. The number of rotatable bonds is 3. The number of nitrogen functional groups attached to an aromatic ring is 1. The summed E-state index contributed by atoms with van der Waals surface area (Å²) in [6, 6.07) is 21.3. The Balaban J connectivity index is 1.43. The van der Waals surface area contributed by atoms with Crippen LogP contribution in [0.2, 0.25) is 5.02 Å². The van der Waals surface area contributed by atoms with Crippen LogP contribution in [0, 0.1) is 23.3 Å². The Kier molecular flexibility index (Phi) is 4.92. The number of benzene rings is 3. The molecule has 1 heterocycles. The van der Waals surface area contributed by atoms with Gasteiger partial charge in [-0.2, -0.15) is 5.26 Å². The molecule has 1 aliphatic rings. The summed E-state index contributed by atoms with van der Waals surface area (Å²) in [5, 5.41) is 12.0. The number of fused-ring (bicyclic) bond motifs is 1. The molecule has 27 heavy (non-hydrogen) atoms. The van der Waals surface area contributed by atoms with Crippen LogP contribution in [-0.4, -0.2) is 13.1 Å². The van der Waals surface area contributed by atoms with Gasteiger partial charge in [0.05, 0.1) is 16.3 Å². The standard InChI is InChI=1S/C23H21ClN3/c24-22-14-20(26)5-7-23(22)27-10-8-16(9-11-27)12-17-4-6-21-18(13-17)2-1-3-19(21)15-25/h1-2,4-7,13-14,16H,8-12,26H2. The second kappa shape index (κ2) is 7.50. The van der Waals surface area contributed by atoms with Crippen molar-refractivity contribution in [2.45, 2.75) is 19.3 Å². The van der Waals surface area contributed by atoms with Crippen molar-refractivity contribution in [3.63, 3.8) is 0 Å². The largest absolute Gasteiger partial charge is 0.399 e. The molecule has 0 bridgehead atoms. The fourth-order valence-electron chi connectivity index (χ4n) is 3.98. The van der Waals surface area contributed by atoms with Gasteiger partial charge in [-0.15, -0.1) is 0 Å². The van der Waals surface area contributed by atoms with E-state index in [4.69, 9.17) is 17.3 Å². The lowest BCUT2D eigenvalue weighted by Gasteiger charge is -2.34. The highest BCUT2D eigenvalue weighted by atomic mass is 35.5. The van der Waals surface area contributed by atoms with Crippen LogP contribution >= 0.6 is 11.6 Å². The maximum Gasteiger partial charge on any atom is 0.100 e. The van der Waals surface area contributed by atoms with E-state index in [1.54, 1.807) is 0 Å². The number of hydrogen-bond acceptors (Lipinski definition) is 3. The zero-order valence-electron chi connectivity index (χ0n) is 15.1. The molecule has 4 heteroatoms. The SMILES string of the molecule is N#Cc1[c]ccc2cc(CC3CCN(c4ccc(N)cc4Cl)CC3)ccc12. The molecular formula is C23H21ClN3. The zero-order chi connectivity index (χ0) is 18.8. The normalized spacial score (nSPS) is 15.0. The Labute approximate surface area is 165 Å². The van der Waals surface area contributed by atoms with Gasteiger partial charge in [-0.25, -0.2) is 0 Å². The van der Waals surface area contributed by atoms with E-state index in [0.717, 1.165) is 53.8 Å². The molecule has 1 aliphatic heterocycles. The van der Waals surface area contributed by atoms with Crippen molar-refractivity contribution >= 4 is 33.7 Å². The smallest absolute Gasteiger partial charge is 0.100 e. The molecule has 0 aliphatic carbocycles. The summed E-state index contributed by atoms with van der Waals surface area (Å²) >= 11 is 6.36. The van der Waals surface area contributed by atoms with E-state index in [0.29, 0.717) is 17.2 Å². The van der Waals surface area contributed by atoms with Gasteiger partial charge in [0.15, 0.2) is 0 Å². The summed E-state index contributed by atoms with van der Waals surface area (Å²) in [6.45, 7) is 2.02. The van der Waals surface area contributed by atoms with Crippen molar-refractivity contribution in [2.75, 3.05) is 23.7 Å². The summed E-state index contributed by atoms with van der Waals surface area (Å²) < 4.78 is 0. The Hall–Kier alpha value is -2.70. The average Bonchev–Trinajstić information content (AvgIpc) is 2.68. The molecule has 1 saturated heterocycles. The van der Waals surface area contributed by atoms with E-state index in [2.05, 4.69) is 35.2 Å². The number of anilines is 2. The number of hydrogen-bond donors (Lipinski definition) is 1. The van der Waals surface area contributed by atoms with Gasteiger partial charge >= 0.3 is 0 Å². The molecule has 3 aromatic rings. The van der Waals surface area contributed by atoms with Crippen molar-refractivity contribution in [2.24, 2.45) is 5.92 Å². The maximum atomic E-state index is 9.22. The van der Waals surface area contributed by atoms with Crippen molar-refractivity contribution in [1.82, 2.24) is 0 Å². The second-order valence-electron chi connectivity index (χ2n) is 7.23. The Morgan fingerprint density at radius 2 is 1.96 bits per heavy atom. The van der Waals surface area contributed by atoms with Crippen LogP contribution in [0.15, 0.2) is 48.5 Å². The zero-order valence-corrected chi connectivity index (χ0v) is 15.8. The molecule has 3 aromatic carbocycles. The summed E-state index contributed by atoms with van der Waals surface area (Å²) in [5.41, 5.74) is 9.53. The van der Waals surface area contributed by atoms with Gasteiger partial charge in [0, 0.05) is 30.2 Å². The van der Waals surface area contributed by atoms with E-state index in [9.17, 15) is 5.26 Å². The van der Waals surface area contributed by atoms with Crippen molar-refractivity contribution in [3.05, 3.63) is 70.7 Å². The van der Waals surface area contributed by atoms with E-state index in [-0.39, 0.29) is 0 Å². The lowest BCUT2D eigenvalue weighted by molar-refractivity contribution is 0.404. The number of piperidine rings is 1. The Morgan fingerprint density at radius 3 is 2.70 bits per heavy atom. The molecule has 0 spiro atoms. The Bertz CT molecular complexity index is 1010. The summed E-state index contributed by atoms with van der Waals surface area (Å²) in [5.74, 6) is 0.664. The van der Waals surface area contributed by atoms with Crippen molar-refractivity contribution < 1.29 is 0 Å². The van der Waals surface area contributed by atoms with E-state index >= 15 is 0 Å². The van der Waals surface area contributed by atoms with Gasteiger partial charge in [0.25, 0.3) is 0 Å². The van der Waals surface area contributed by atoms with Gasteiger partial charge in [-0.1, -0.05) is 41.9 Å². The number of halogens is 1. The quantitative estimate of drug-likeness (QED) is 0.640. The van der Waals surface area contributed by atoms with Crippen molar-refractivity contribution in [1.29, 1.82) is 5.26 Å². The van der Waals surface area contributed by atoms with Crippen LogP contribution in [0.1, 0.15) is 24.0 Å². The first-order chi connectivity index (χ1) is 13.1. The average molecular weight is 375 g/mol. The van der Waals surface area contributed by atoms with Gasteiger partial charge in [-0.05, 0) is 54.3 Å². The highest BCUT2D eigenvalue weighted by molar-refractivity contribution is 6.33. The minimum Gasteiger partial charge on any atom is -0.399 e. The molecule has 1 fully saturated rings. The first kappa shape index (κ1) is 17.7. The third kappa shape index (κ3) is 3.72. The summed E-state index contributed by atoms with van der Waals surface area (Å²) in [4.78, 5) is 2.35. The fourth-order valence-corrected chi connectivity index (χ4v) is 4.29. The number of nitriles is 1. The Morgan fingerprint density at radius 1 is 1.15 bits per heavy atom. The van der Waals surface area contributed by atoms with E-state index < -0.39 is 0 Å². The van der Waals surface area contributed by atoms with Gasteiger partial charge in [-0.3, -0.25) is 0 Å². The topological polar surface area (TPSA) is 53.0 Å². The minimum absolute atomic E-state index is 0.618. The predicted octanol–water partition coefficient (Wildman–Crippen LogP) is 5.21. The number of nitrogens with two attached hydrogens (primary N) is 1. The van der Waals surface area contributed by atoms with Crippen LogP contribution in [0.25, 0.3) is 10.8 Å². The molecule has 4 rings (SSSR count). The fraction of sp³-hybridized carbons (Fsp3) is 0.261. The molecular weight excluding hydrogens is 354 g/mol. The van der Waals surface area contributed by atoms with Gasteiger partial charge in [0.1, 0.15) is 6.07 Å². The van der Waals surface area contributed by atoms with Crippen molar-refractivity contribution in [3.8, 4) is 6.07 Å². The first-order valence-electron chi connectivity index (χ1n) is 9.27. The predicted molar refractivity (Wildman–Crippen MR) is 112 cm³/mol. The van der Waals surface area contributed by atoms with Crippen LogP contribution in [-0.2, 0) is 6.42 Å². The van der Waals surface area contributed by atoms with E-state index in [1.165, 1.54) is 5.56 Å². The molecule has 135 valence electrons. The monoisotopic (exact) mass is 374 g/mol. The van der Waals surface area contributed by atoms with Gasteiger partial charge in [0.2, 0.25) is 0 Å². The van der Waals surface area contributed by atoms with Crippen LogP contribution in [0.5, 0.6) is 0 Å². The lowest BCUT2D eigenvalue weighted by atomic mass is 9.89. The maximum absolute atomic E-state index is 9.22. The second-order valence-corrected chi connectivity index (χ2v) is 7.64. The number of nitrogens with zero attached hydrogens (tertiary/aromatic N) is 2. The van der Waals surface area contributed by atoms with Crippen LogP contribution in [0.4, 0.5) is 11.4 Å². The highest BCUT2D eigenvalue weighted by Crippen LogP contribution is 2.32. The molecule has 0 saturated carbocycles.